The van der Waals surface area contributed by atoms with Crippen molar-refractivity contribution in [1.29, 1.82) is 0 Å². The summed E-state index contributed by atoms with van der Waals surface area (Å²) in [5.74, 6) is -1.59. The van der Waals surface area contributed by atoms with Crippen molar-refractivity contribution in [2.75, 3.05) is 24.5 Å². The van der Waals surface area contributed by atoms with Crippen molar-refractivity contribution in [1.82, 2.24) is 14.9 Å². The highest BCUT2D eigenvalue weighted by Gasteiger charge is 2.45. The van der Waals surface area contributed by atoms with Gasteiger partial charge in [0.1, 0.15) is 0 Å². The first-order valence-corrected chi connectivity index (χ1v) is 10.6. The average molecular weight is 444 g/mol. The Kier molecular flexibility index (Phi) is 6.49. The van der Waals surface area contributed by atoms with Crippen molar-refractivity contribution >= 4 is 39.4 Å². The highest BCUT2D eigenvalue weighted by molar-refractivity contribution is 7.17. The zero-order valence-electron chi connectivity index (χ0n) is 16.5. The number of carboxylic acids is 1. The molecule has 1 unspecified atom stereocenters. The van der Waals surface area contributed by atoms with Crippen molar-refractivity contribution < 1.29 is 27.9 Å². The summed E-state index contributed by atoms with van der Waals surface area (Å²) in [6.07, 6.45) is 1.79. The van der Waals surface area contributed by atoms with Crippen LogP contribution in [-0.2, 0) is 9.59 Å². The second-order valence-corrected chi connectivity index (χ2v) is 8.29. The fraction of sp³-hybridized carbons (Fsp3) is 0.579. The van der Waals surface area contributed by atoms with E-state index in [1.807, 2.05) is 6.20 Å². The number of fused-ring (bicyclic) bond motifs is 1. The van der Waals surface area contributed by atoms with Crippen molar-refractivity contribution in [3.8, 4) is 0 Å². The molecule has 4 rings (SSSR count). The molecule has 30 heavy (non-hydrogen) atoms. The molecular formula is C19H23F3N4O3S. The maximum Gasteiger partial charge on any atom is 0.490 e. The Hall–Kier alpha value is -2.43. The first kappa shape index (κ1) is 22.3. The second kappa shape index (κ2) is 8.75. The number of alkyl halides is 3. The summed E-state index contributed by atoms with van der Waals surface area (Å²) >= 11 is 1.68. The number of hydrogen-bond donors (Lipinski definition) is 1. The predicted molar refractivity (Wildman–Crippen MR) is 107 cm³/mol. The number of aromatic nitrogens is 2. The fourth-order valence-electron chi connectivity index (χ4n) is 4.19. The molecule has 164 valence electrons. The quantitative estimate of drug-likeness (QED) is 0.760. The number of nitrogens with zero attached hydrogens (tertiary/aromatic N) is 4. The third kappa shape index (κ3) is 4.66. The van der Waals surface area contributed by atoms with Gasteiger partial charge in [-0.05, 0) is 44.1 Å². The van der Waals surface area contributed by atoms with Gasteiger partial charge in [-0.1, -0.05) is 0 Å². The van der Waals surface area contributed by atoms with E-state index in [0.29, 0.717) is 12.3 Å². The zero-order chi connectivity index (χ0) is 21.9. The van der Waals surface area contributed by atoms with Gasteiger partial charge in [0.2, 0.25) is 11.9 Å². The number of hydrogen-bond acceptors (Lipinski definition) is 6. The molecule has 0 aliphatic carbocycles. The molecule has 2 aromatic rings. The van der Waals surface area contributed by atoms with E-state index in [1.165, 1.54) is 0 Å². The molecule has 2 saturated heterocycles. The van der Waals surface area contributed by atoms with Gasteiger partial charge in [-0.3, -0.25) is 4.79 Å². The molecule has 2 fully saturated rings. The largest absolute Gasteiger partial charge is 0.490 e. The van der Waals surface area contributed by atoms with Crippen LogP contribution >= 0.6 is 11.3 Å². The van der Waals surface area contributed by atoms with E-state index in [9.17, 15) is 18.0 Å². The molecule has 1 atom stereocenters. The van der Waals surface area contributed by atoms with Crippen molar-refractivity contribution in [2.24, 2.45) is 0 Å². The van der Waals surface area contributed by atoms with E-state index in [2.05, 4.69) is 33.2 Å². The van der Waals surface area contributed by atoms with Crippen LogP contribution in [0.15, 0.2) is 17.6 Å². The van der Waals surface area contributed by atoms with Gasteiger partial charge in [0.15, 0.2) is 0 Å². The summed E-state index contributed by atoms with van der Waals surface area (Å²) in [6.45, 7) is 4.83. The van der Waals surface area contributed by atoms with Gasteiger partial charge in [-0.2, -0.15) is 13.2 Å². The van der Waals surface area contributed by atoms with Crippen LogP contribution in [0.2, 0.25) is 0 Å². The van der Waals surface area contributed by atoms with Crippen molar-refractivity contribution in [2.45, 2.75) is 50.7 Å². The summed E-state index contributed by atoms with van der Waals surface area (Å²) in [5, 5.41) is 9.18. The molecule has 0 aromatic carbocycles. The van der Waals surface area contributed by atoms with Crippen LogP contribution < -0.4 is 4.90 Å². The van der Waals surface area contributed by atoms with Gasteiger partial charge >= 0.3 is 12.1 Å². The Bertz CT molecular complexity index is 920. The van der Waals surface area contributed by atoms with Crippen molar-refractivity contribution in [3.05, 3.63) is 17.6 Å². The van der Waals surface area contributed by atoms with E-state index in [0.717, 1.165) is 61.5 Å². The Morgan fingerprint density at radius 1 is 1.30 bits per heavy atom. The van der Waals surface area contributed by atoms with Crippen LogP contribution in [0.5, 0.6) is 0 Å². The monoisotopic (exact) mass is 444 g/mol. The Morgan fingerprint density at radius 3 is 2.70 bits per heavy atom. The number of likely N-dealkylation sites (tertiary alicyclic amines) is 1. The molecule has 0 bridgehead atoms. The average Bonchev–Trinajstić information content (AvgIpc) is 3.20. The third-order valence-corrected chi connectivity index (χ3v) is 6.47. The minimum Gasteiger partial charge on any atom is -0.475 e. The first-order chi connectivity index (χ1) is 14.2. The molecule has 2 aromatic heterocycles. The normalized spacial score (nSPS) is 22.2. The maximum absolute atomic E-state index is 12.1. The number of anilines is 1. The van der Waals surface area contributed by atoms with Crippen LogP contribution in [0, 0.1) is 0 Å². The number of halogens is 3. The summed E-state index contributed by atoms with van der Waals surface area (Å²) in [7, 11) is 0. The molecule has 1 spiro atoms. The van der Waals surface area contributed by atoms with E-state index in [4.69, 9.17) is 14.9 Å². The number of rotatable bonds is 2. The predicted octanol–water partition coefficient (Wildman–Crippen LogP) is 3.70. The molecule has 4 heterocycles. The zero-order valence-corrected chi connectivity index (χ0v) is 17.3. The molecule has 1 N–H and O–H groups in total. The minimum absolute atomic E-state index is 0.0765. The summed E-state index contributed by atoms with van der Waals surface area (Å²) in [5.41, 5.74) is 1.11. The smallest absolute Gasteiger partial charge is 0.475 e. The highest BCUT2D eigenvalue weighted by atomic mass is 32.1. The summed E-state index contributed by atoms with van der Waals surface area (Å²) in [4.78, 5) is 34.7. The van der Waals surface area contributed by atoms with Crippen LogP contribution in [0.4, 0.5) is 19.1 Å². The first-order valence-electron chi connectivity index (χ1n) is 9.72. The van der Waals surface area contributed by atoms with Crippen molar-refractivity contribution in [3.63, 3.8) is 0 Å². The molecule has 0 radical (unpaired) electrons. The lowest BCUT2D eigenvalue weighted by Crippen LogP contribution is -2.46. The van der Waals surface area contributed by atoms with E-state index in [1.54, 1.807) is 11.3 Å². The van der Waals surface area contributed by atoms with Gasteiger partial charge < -0.3 is 14.9 Å². The third-order valence-electron chi connectivity index (χ3n) is 5.63. The minimum atomic E-state index is -5.08. The van der Waals surface area contributed by atoms with Gasteiger partial charge in [-0.25, -0.2) is 14.8 Å². The highest BCUT2D eigenvalue weighted by Crippen LogP contribution is 2.39. The van der Waals surface area contributed by atoms with E-state index < -0.39 is 12.1 Å². The molecule has 2 aliphatic rings. The number of carboxylic acid groups (broad SMARTS) is 1. The van der Waals surface area contributed by atoms with Crippen LogP contribution in [0.1, 0.15) is 39.0 Å². The lowest BCUT2D eigenvalue weighted by atomic mass is 9.88. The van der Waals surface area contributed by atoms with Crippen LogP contribution in [0.3, 0.4) is 0 Å². The molecule has 2 aliphatic heterocycles. The van der Waals surface area contributed by atoms with Gasteiger partial charge in [0.05, 0.1) is 16.4 Å². The van der Waals surface area contributed by atoms with E-state index >= 15 is 0 Å². The molecule has 1 amide bonds. The second-order valence-electron chi connectivity index (χ2n) is 7.35. The molecular weight excluding hydrogens is 421 g/mol. The summed E-state index contributed by atoms with van der Waals surface area (Å²) in [6, 6.07) is 2.05. The lowest BCUT2D eigenvalue weighted by Gasteiger charge is -2.37. The van der Waals surface area contributed by atoms with Gasteiger partial charge in [-0.15, -0.1) is 11.3 Å². The number of carbonyl (C=O) groups excluding carboxylic acids is 1. The van der Waals surface area contributed by atoms with Gasteiger partial charge in [0, 0.05) is 31.6 Å². The maximum atomic E-state index is 12.1. The Labute approximate surface area is 175 Å². The standard InChI is InChI=1S/C17H22N4OS.C2HF3O2/c1-2-21-15(22)4-7-17(21)6-3-9-20(10-8-17)16-18-12-14-13(19-16)5-11-23-14;3-2(4,5)1(6)7/h5,11-12H,2-4,6-10H2,1H3;(H,6,7). The number of amides is 1. The molecule has 11 heteroatoms. The SMILES string of the molecule is CCN1C(=O)CCC12CCCN(c1ncc3sccc3n1)CC2.O=C(O)C(F)(F)F. The number of thiophene rings is 1. The Balaban J connectivity index is 0.000000318. The Morgan fingerprint density at radius 2 is 2.03 bits per heavy atom. The topological polar surface area (TPSA) is 86.6 Å². The molecule has 0 saturated carbocycles. The van der Waals surface area contributed by atoms with E-state index in [-0.39, 0.29) is 5.54 Å². The van der Waals surface area contributed by atoms with Gasteiger partial charge in [0.25, 0.3) is 0 Å². The van der Waals surface area contributed by atoms with Crippen LogP contribution in [-0.4, -0.2) is 63.2 Å². The number of carbonyl (C=O) groups is 2. The fourth-order valence-corrected chi connectivity index (χ4v) is 4.88. The molecule has 7 nitrogen and oxygen atoms in total. The summed E-state index contributed by atoms with van der Waals surface area (Å²) < 4.78 is 32.9. The number of aliphatic carboxylic acids is 1. The lowest BCUT2D eigenvalue weighted by molar-refractivity contribution is -0.192. The van der Waals surface area contributed by atoms with Crippen LogP contribution in [0.25, 0.3) is 10.2 Å².